The van der Waals surface area contributed by atoms with Crippen molar-refractivity contribution >= 4 is 13.0 Å². The van der Waals surface area contributed by atoms with Crippen LogP contribution in [-0.4, -0.2) is 8.80 Å². The maximum absolute atomic E-state index is 2.50. The van der Waals surface area contributed by atoms with Crippen LogP contribution in [0.25, 0.3) is 11.1 Å². The monoisotopic (exact) mass is 420 g/mol. The molecule has 2 aromatic carbocycles. The fourth-order valence-electron chi connectivity index (χ4n) is 4.15. The van der Waals surface area contributed by atoms with E-state index in [9.17, 15) is 0 Å². The minimum Gasteiger partial charge on any atom is -1.00 e. The third-order valence-electron chi connectivity index (χ3n) is 6.04. The van der Waals surface area contributed by atoms with E-state index in [-0.39, 0.29) is 12.4 Å². The van der Waals surface area contributed by atoms with E-state index in [1.54, 1.807) is 23.7 Å². The predicted molar refractivity (Wildman–Crippen MR) is 105 cm³/mol. The summed E-state index contributed by atoms with van der Waals surface area (Å²) < 4.78 is 1.45. The number of halogens is 1. The SMILES string of the molecule is CCCC[Si@H]1CC[C@](C)(c2ccc(-c3cc[c]([Zn+])cc3)cc2)CC1.[Cl-]. The second-order valence-electron chi connectivity index (χ2n) is 7.92. The first-order valence-electron chi connectivity index (χ1n) is 9.64. The summed E-state index contributed by atoms with van der Waals surface area (Å²) >= 11 is 1.24. The molecule has 0 N–H and O–H groups in total. The molecule has 0 radical (unpaired) electrons. The predicted octanol–water partition coefficient (Wildman–Crippen LogP) is 2.61. The second-order valence-corrected chi connectivity index (χ2v) is 13.1. The fraction of sp³-hybridized carbons (Fsp3) is 0.455. The Bertz CT molecular complexity index is 643. The first-order chi connectivity index (χ1) is 11.6. The van der Waals surface area contributed by atoms with Gasteiger partial charge in [-0.2, -0.15) is 0 Å². The van der Waals surface area contributed by atoms with E-state index in [4.69, 9.17) is 0 Å². The summed E-state index contributed by atoms with van der Waals surface area (Å²) in [5.41, 5.74) is 4.69. The van der Waals surface area contributed by atoms with E-state index in [2.05, 4.69) is 62.4 Å². The molecule has 1 saturated heterocycles. The number of benzene rings is 2. The molecule has 130 valence electrons. The van der Waals surface area contributed by atoms with Gasteiger partial charge >= 0.3 is 134 Å². The van der Waals surface area contributed by atoms with E-state index < -0.39 is 8.80 Å². The van der Waals surface area contributed by atoms with Gasteiger partial charge in [-0.15, -0.1) is 0 Å². The standard InChI is InChI=1S/C22H29Si.ClH.Zn/c1-3-4-16-23-17-14-22(2,15-18-23)21-12-10-20(11-13-21)19-8-6-5-7-9-19;;/h6-13,23H,3-4,14-18H2,1-2H3;1H;/q;;+1/p-1/t22-,23-;;. The smallest absolute Gasteiger partial charge is 1.00 e. The van der Waals surface area contributed by atoms with E-state index >= 15 is 0 Å². The Morgan fingerprint density at radius 3 is 1.96 bits per heavy atom. The summed E-state index contributed by atoms with van der Waals surface area (Å²) in [4.78, 5) is 0. The van der Waals surface area contributed by atoms with Crippen molar-refractivity contribution < 1.29 is 30.7 Å². The molecular weight excluding hydrogens is 393 g/mol. The van der Waals surface area contributed by atoms with Crippen molar-refractivity contribution in [1.29, 1.82) is 0 Å². The van der Waals surface area contributed by atoms with Gasteiger partial charge < -0.3 is 12.4 Å². The summed E-state index contributed by atoms with van der Waals surface area (Å²) in [7, 11) is -0.410. The van der Waals surface area contributed by atoms with Crippen LogP contribution >= 0.6 is 0 Å². The van der Waals surface area contributed by atoms with Gasteiger partial charge in [0, 0.05) is 0 Å². The summed E-state index contributed by atoms with van der Waals surface area (Å²) in [5, 5.41) is 0. The van der Waals surface area contributed by atoms with Crippen LogP contribution in [0.4, 0.5) is 0 Å². The summed E-state index contributed by atoms with van der Waals surface area (Å²) in [6.45, 7) is 4.83. The number of hydrogen-bond donors (Lipinski definition) is 0. The van der Waals surface area contributed by atoms with Gasteiger partial charge in [0.05, 0.1) is 0 Å². The molecule has 1 aliphatic heterocycles. The van der Waals surface area contributed by atoms with Gasteiger partial charge in [0.15, 0.2) is 0 Å². The van der Waals surface area contributed by atoms with Crippen LogP contribution in [0, 0.1) is 0 Å². The molecule has 0 spiro atoms. The summed E-state index contributed by atoms with van der Waals surface area (Å²) in [6.07, 6.45) is 5.69. The van der Waals surface area contributed by atoms with Gasteiger partial charge in [0.25, 0.3) is 0 Å². The van der Waals surface area contributed by atoms with Crippen molar-refractivity contribution in [2.75, 3.05) is 0 Å². The van der Waals surface area contributed by atoms with Crippen molar-refractivity contribution in [3.05, 3.63) is 54.1 Å². The molecule has 0 aromatic heterocycles. The molecule has 0 amide bonds. The van der Waals surface area contributed by atoms with Crippen LogP contribution in [-0.2, 0) is 23.7 Å². The molecule has 0 aliphatic carbocycles. The first kappa shape index (κ1) is 20.9. The zero-order valence-corrected chi connectivity index (χ0v) is 20.6. The quantitative estimate of drug-likeness (QED) is 0.650. The van der Waals surface area contributed by atoms with Crippen molar-refractivity contribution in [2.45, 2.75) is 63.1 Å². The third kappa shape index (κ3) is 5.28. The molecule has 0 bridgehead atoms. The molecule has 25 heavy (non-hydrogen) atoms. The first-order valence-corrected chi connectivity index (χ1v) is 13.6. The zero-order chi connectivity index (χ0) is 17.0. The van der Waals surface area contributed by atoms with Gasteiger partial charge in [0.1, 0.15) is 0 Å². The molecule has 3 heteroatoms. The minimum absolute atomic E-state index is 0. The molecule has 3 rings (SSSR count). The maximum Gasteiger partial charge on any atom is -1.00 e. The van der Waals surface area contributed by atoms with Crippen LogP contribution in [0.1, 0.15) is 45.1 Å². The Balaban J connectivity index is 0.00000225. The topological polar surface area (TPSA) is 0 Å². The molecule has 1 heterocycles. The number of hydrogen-bond acceptors (Lipinski definition) is 0. The van der Waals surface area contributed by atoms with E-state index in [1.165, 1.54) is 59.3 Å². The normalized spacial score (nSPS) is 23.1. The van der Waals surface area contributed by atoms with Crippen molar-refractivity contribution in [3.8, 4) is 11.1 Å². The van der Waals surface area contributed by atoms with E-state index in [1.807, 2.05) is 0 Å². The third-order valence-corrected chi connectivity index (χ3v) is 10.5. The molecule has 0 atom stereocenters. The van der Waals surface area contributed by atoms with Crippen molar-refractivity contribution in [3.63, 3.8) is 0 Å². The average Bonchev–Trinajstić information content (AvgIpc) is 2.62. The Morgan fingerprint density at radius 2 is 1.44 bits per heavy atom. The molecule has 0 nitrogen and oxygen atoms in total. The minimum atomic E-state index is -0.410. The van der Waals surface area contributed by atoms with Crippen LogP contribution in [0.2, 0.25) is 18.1 Å². The van der Waals surface area contributed by atoms with Gasteiger partial charge in [-0.1, -0.05) is 25.8 Å². The van der Waals surface area contributed by atoms with Crippen molar-refractivity contribution in [1.82, 2.24) is 0 Å². The summed E-state index contributed by atoms with van der Waals surface area (Å²) in [5.74, 6) is 0. The van der Waals surface area contributed by atoms with Gasteiger partial charge in [0.2, 0.25) is 0 Å². The number of unbranched alkanes of at least 4 members (excludes halogenated alkanes) is 1. The molecule has 0 unspecified atom stereocenters. The Labute approximate surface area is 171 Å². The van der Waals surface area contributed by atoms with E-state index in [0.717, 1.165) is 0 Å². The van der Waals surface area contributed by atoms with E-state index in [0.29, 0.717) is 5.41 Å². The van der Waals surface area contributed by atoms with Crippen LogP contribution < -0.4 is 16.6 Å². The molecule has 0 saturated carbocycles. The fourth-order valence-corrected chi connectivity index (χ4v) is 8.58. The molecule has 1 fully saturated rings. The molecule has 2 aromatic rings. The Kier molecular flexibility index (Phi) is 7.92. The Morgan fingerprint density at radius 1 is 0.920 bits per heavy atom. The van der Waals surface area contributed by atoms with Crippen LogP contribution in [0.5, 0.6) is 0 Å². The van der Waals surface area contributed by atoms with Crippen LogP contribution in [0.3, 0.4) is 0 Å². The zero-order valence-electron chi connectivity index (χ0n) is 15.7. The van der Waals surface area contributed by atoms with Gasteiger partial charge in [-0.3, -0.25) is 0 Å². The average molecular weight is 422 g/mol. The second kappa shape index (κ2) is 9.49. The summed E-state index contributed by atoms with van der Waals surface area (Å²) in [6, 6.07) is 23.2. The number of rotatable bonds is 5. The molecule has 1 aliphatic rings. The maximum atomic E-state index is 2.50. The largest absolute Gasteiger partial charge is 1.00 e. The van der Waals surface area contributed by atoms with Gasteiger partial charge in [-0.25, -0.2) is 0 Å². The van der Waals surface area contributed by atoms with Crippen LogP contribution in [0.15, 0.2) is 48.5 Å². The Hall–Kier alpha value is -0.430. The molecular formula is C22H29ClSiZn. The van der Waals surface area contributed by atoms with Gasteiger partial charge in [-0.05, 0) is 0 Å². The van der Waals surface area contributed by atoms with Crippen molar-refractivity contribution in [2.24, 2.45) is 0 Å².